The van der Waals surface area contributed by atoms with Crippen molar-refractivity contribution in [3.63, 3.8) is 0 Å². The van der Waals surface area contributed by atoms with Crippen molar-refractivity contribution in [1.82, 2.24) is 4.90 Å². The summed E-state index contributed by atoms with van der Waals surface area (Å²) in [6.45, 7) is 9.19. The molecule has 74 valence electrons. The first-order chi connectivity index (χ1) is 6.35. The van der Waals surface area contributed by atoms with Crippen molar-refractivity contribution in [1.29, 1.82) is 0 Å². The quantitative estimate of drug-likeness (QED) is 0.614. The predicted molar refractivity (Wildman–Crippen MR) is 53.7 cm³/mol. The molecule has 13 heavy (non-hydrogen) atoms. The lowest BCUT2D eigenvalue weighted by molar-refractivity contribution is 0.115. The van der Waals surface area contributed by atoms with Crippen LogP contribution < -0.4 is 0 Å². The van der Waals surface area contributed by atoms with Crippen LogP contribution in [0.15, 0.2) is 12.7 Å². The van der Waals surface area contributed by atoms with Crippen LogP contribution in [0.25, 0.3) is 0 Å². The Balaban J connectivity index is 1.84. The van der Waals surface area contributed by atoms with Crippen molar-refractivity contribution in [3.05, 3.63) is 12.7 Å². The topological polar surface area (TPSA) is 12.5 Å². The zero-order valence-corrected chi connectivity index (χ0v) is 8.30. The summed E-state index contributed by atoms with van der Waals surface area (Å²) < 4.78 is 5.61. The lowest BCUT2D eigenvalue weighted by atomic mass is 10.1. The van der Waals surface area contributed by atoms with E-state index < -0.39 is 0 Å². The van der Waals surface area contributed by atoms with Gasteiger partial charge < -0.3 is 9.64 Å². The third-order valence-electron chi connectivity index (χ3n) is 3.13. The molecule has 0 aromatic heterocycles. The predicted octanol–water partition coefficient (Wildman–Crippen LogP) is 1.67. The van der Waals surface area contributed by atoms with E-state index in [9.17, 15) is 0 Å². The van der Waals surface area contributed by atoms with E-state index in [4.69, 9.17) is 4.74 Å². The molecule has 1 aliphatic carbocycles. The van der Waals surface area contributed by atoms with Gasteiger partial charge in [0.2, 0.25) is 0 Å². The molecule has 0 aromatic rings. The molecule has 1 heterocycles. The minimum Gasteiger partial charge on any atom is -0.379 e. The Morgan fingerprint density at radius 3 is 3.00 bits per heavy atom. The maximum Gasteiger partial charge on any atom is 0.0593 e. The molecule has 2 aliphatic rings. The zero-order chi connectivity index (χ0) is 9.15. The smallest absolute Gasteiger partial charge is 0.0593 e. The van der Waals surface area contributed by atoms with Crippen LogP contribution in [0, 0.1) is 5.41 Å². The number of ether oxygens (including phenoxy) is 1. The summed E-state index contributed by atoms with van der Waals surface area (Å²) in [6.07, 6.45) is 5.86. The summed E-state index contributed by atoms with van der Waals surface area (Å²) in [5.74, 6) is 0. The highest BCUT2D eigenvalue weighted by molar-refractivity contribution is 4.96. The second-order valence-corrected chi connectivity index (χ2v) is 4.41. The summed E-state index contributed by atoms with van der Waals surface area (Å²) in [6, 6.07) is 0. The molecule has 0 N–H and O–H groups in total. The lowest BCUT2D eigenvalue weighted by Crippen LogP contribution is -2.31. The largest absolute Gasteiger partial charge is 0.379 e. The van der Waals surface area contributed by atoms with Gasteiger partial charge in [-0.15, -0.1) is 6.58 Å². The van der Waals surface area contributed by atoms with Crippen molar-refractivity contribution in [2.75, 3.05) is 32.8 Å². The van der Waals surface area contributed by atoms with Crippen LogP contribution in [-0.4, -0.2) is 37.7 Å². The fourth-order valence-corrected chi connectivity index (χ4v) is 2.03. The van der Waals surface area contributed by atoms with E-state index in [1.807, 2.05) is 6.08 Å². The zero-order valence-electron chi connectivity index (χ0n) is 8.30. The molecular weight excluding hydrogens is 162 g/mol. The van der Waals surface area contributed by atoms with E-state index in [1.165, 1.54) is 19.4 Å². The van der Waals surface area contributed by atoms with E-state index >= 15 is 0 Å². The van der Waals surface area contributed by atoms with E-state index in [1.54, 1.807) is 0 Å². The van der Waals surface area contributed by atoms with E-state index in [0.29, 0.717) is 5.41 Å². The van der Waals surface area contributed by atoms with Crippen molar-refractivity contribution in [3.8, 4) is 0 Å². The average Bonchev–Trinajstić information content (AvgIpc) is 2.92. The number of nitrogens with zero attached hydrogens (tertiary/aromatic N) is 1. The van der Waals surface area contributed by atoms with Gasteiger partial charge in [-0.1, -0.05) is 6.08 Å². The molecule has 0 aromatic carbocycles. The number of hydrogen-bond donors (Lipinski definition) is 0. The molecule has 1 aliphatic heterocycles. The molecule has 0 unspecified atom stereocenters. The molecule has 2 rings (SSSR count). The van der Waals surface area contributed by atoms with Crippen molar-refractivity contribution in [2.45, 2.75) is 19.3 Å². The molecule has 1 saturated carbocycles. The normalized spacial score (nSPS) is 27.1. The van der Waals surface area contributed by atoms with Gasteiger partial charge in [-0.25, -0.2) is 0 Å². The van der Waals surface area contributed by atoms with Gasteiger partial charge in [-0.3, -0.25) is 0 Å². The minimum absolute atomic E-state index is 0.553. The second kappa shape index (κ2) is 3.81. The van der Waals surface area contributed by atoms with Crippen molar-refractivity contribution < 1.29 is 4.74 Å². The van der Waals surface area contributed by atoms with Crippen LogP contribution in [0.5, 0.6) is 0 Å². The summed E-state index contributed by atoms with van der Waals surface area (Å²) in [5, 5.41) is 0. The SMILES string of the molecule is C=CCCN1CCOCC2(CC2)C1. The first-order valence-corrected chi connectivity index (χ1v) is 5.26. The summed E-state index contributed by atoms with van der Waals surface area (Å²) in [7, 11) is 0. The van der Waals surface area contributed by atoms with Crippen LogP contribution in [0.4, 0.5) is 0 Å². The number of rotatable bonds is 3. The molecule has 2 heteroatoms. The molecule has 2 fully saturated rings. The molecule has 1 saturated heterocycles. The van der Waals surface area contributed by atoms with Crippen molar-refractivity contribution >= 4 is 0 Å². The van der Waals surface area contributed by atoms with Gasteiger partial charge in [0.1, 0.15) is 0 Å². The maximum absolute atomic E-state index is 5.61. The van der Waals surface area contributed by atoms with Crippen LogP contribution in [0.3, 0.4) is 0 Å². The van der Waals surface area contributed by atoms with Gasteiger partial charge in [-0.05, 0) is 19.3 Å². The molecular formula is C11H19NO. The molecule has 1 spiro atoms. The van der Waals surface area contributed by atoms with E-state index in [-0.39, 0.29) is 0 Å². The first-order valence-electron chi connectivity index (χ1n) is 5.26. The van der Waals surface area contributed by atoms with Crippen LogP contribution in [0.2, 0.25) is 0 Å². The second-order valence-electron chi connectivity index (χ2n) is 4.41. The van der Waals surface area contributed by atoms with Gasteiger partial charge in [0.15, 0.2) is 0 Å². The van der Waals surface area contributed by atoms with Crippen LogP contribution in [0.1, 0.15) is 19.3 Å². The Kier molecular flexibility index (Phi) is 2.70. The van der Waals surface area contributed by atoms with Gasteiger partial charge in [0, 0.05) is 25.0 Å². The lowest BCUT2D eigenvalue weighted by Gasteiger charge is -2.21. The molecule has 2 nitrogen and oxygen atoms in total. The molecule has 0 amide bonds. The Morgan fingerprint density at radius 1 is 1.46 bits per heavy atom. The van der Waals surface area contributed by atoms with E-state index in [2.05, 4.69) is 11.5 Å². The fourth-order valence-electron chi connectivity index (χ4n) is 2.03. The van der Waals surface area contributed by atoms with Gasteiger partial charge >= 0.3 is 0 Å². The Hall–Kier alpha value is -0.340. The Labute approximate surface area is 80.6 Å². The maximum atomic E-state index is 5.61. The molecule has 0 atom stereocenters. The molecule has 0 radical (unpaired) electrons. The summed E-state index contributed by atoms with van der Waals surface area (Å²) in [5.41, 5.74) is 0.553. The van der Waals surface area contributed by atoms with Crippen molar-refractivity contribution in [2.24, 2.45) is 5.41 Å². The first kappa shape index (κ1) is 9.22. The third kappa shape index (κ3) is 2.32. The average molecular weight is 181 g/mol. The Morgan fingerprint density at radius 2 is 2.31 bits per heavy atom. The Bertz CT molecular complexity index is 187. The van der Waals surface area contributed by atoms with Gasteiger partial charge in [0.05, 0.1) is 13.2 Å². The van der Waals surface area contributed by atoms with Crippen LogP contribution in [-0.2, 0) is 4.74 Å². The minimum atomic E-state index is 0.553. The third-order valence-corrected chi connectivity index (χ3v) is 3.13. The highest BCUT2D eigenvalue weighted by Crippen LogP contribution is 2.47. The highest BCUT2D eigenvalue weighted by atomic mass is 16.5. The highest BCUT2D eigenvalue weighted by Gasteiger charge is 2.44. The summed E-state index contributed by atoms with van der Waals surface area (Å²) >= 11 is 0. The monoisotopic (exact) mass is 181 g/mol. The van der Waals surface area contributed by atoms with E-state index in [0.717, 1.165) is 32.7 Å². The van der Waals surface area contributed by atoms with Crippen LogP contribution >= 0.6 is 0 Å². The fraction of sp³-hybridized carbons (Fsp3) is 0.818. The molecule has 0 bridgehead atoms. The van der Waals surface area contributed by atoms with Gasteiger partial charge in [0.25, 0.3) is 0 Å². The summed E-state index contributed by atoms with van der Waals surface area (Å²) in [4.78, 5) is 2.53. The number of hydrogen-bond acceptors (Lipinski definition) is 2. The standard InChI is InChI=1S/C11H19NO/c1-2-3-6-12-7-8-13-10-11(9-12)4-5-11/h2H,1,3-10H2. The van der Waals surface area contributed by atoms with Gasteiger partial charge in [-0.2, -0.15) is 0 Å².